The molecule has 0 saturated heterocycles. The minimum atomic E-state index is -0.509. The van der Waals surface area contributed by atoms with Crippen molar-refractivity contribution in [1.29, 1.82) is 5.26 Å². The third kappa shape index (κ3) is 7.15. The van der Waals surface area contributed by atoms with Crippen LogP contribution >= 0.6 is 0 Å². The standard InChI is InChI=1S/C33H36N2O5/c1-4-5-6-7-8-19-37-25-13-9-23(10-14-25)31-28-18-17-27(20-30(28)40-32(35)29(31)21-34)39-33(36)24-11-15-26(16-12-24)38-22(2)3/h9-18,20,22,31H,4-8,19,35H2,1-3H3. The van der Waals surface area contributed by atoms with E-state index in [4.69, 9.17) is 24.7 Å². The second-order valence-corrected chi connectivity index (χ2v) is 10.0. The summed E-state index contributed by atoms with van der Waals surface area (Å²) < 4.78 is 22.9. The molecule has 1 unspecified atom stereocenters. The van der Waals surface area contributed by atoms with Crippen LogP contribution in [0.5, 0.6) is 23.0 Å². The number of rotatable bonds is 12. The molecule has 0 aromatic heterocycles. The van der Waals surface area contributed by atoms with Crippen LogP contribution in [0, 0.1) is 11.3 Å². The average molecular weight is 541 g/mol. The van der Waals surface area contributed by atoms with Crippen molar-refractivity contribution in [3.63, 3.8) is 0 Å². The van der Waals surface area contributed by atoms with E-state index >= 15 is 0 Å². The fourth-order valence-electron chi connectivity index (χ4n) is 4.60. The van der Waals surface area contributed by atoms with Crippen LogP contribution in [-0.2, 0) is 0 Å². The fraction of sp³-hybridized carbons (Fsp3) is 0.333. The Bertz CT molecular complexity index is 1370. The number of allylic oxidation sites excluding steroid dienone is 1. The molecule has 1 heterocycles. The summed E-state index contributed by atoms with van der Waals surface area (Å²) in [5.74, 6) is 1.29. The summed E-state index contributed by atoms with van der Waals surface area (Å²) in [5.41, 5.74) is 8.51. The lowest BCUT2D eigenvalue weighted by Gasteiger charge is -2.26. The highest BCUT2D eigenvalue weighted by atomic mass is 16.5. The molecular weight excluding hydrogens is 504 g/mol. The predicted octanol–water partition coefficient (Wildman–Crippen LogP) is 7.26. The van der Waals surface area contributed by atoms with Crippen molar-refractivity contribution in [2.24, 2.45) is 5.73 Å². The molecule has 1 aliphatic rings. The van der Waals surface area contributed by atoms with Gasteiger partial charge in [0.05, 0.1) is 24.2 Å². The Labute approximate surface area is 236 Å². The van der Waals surface area contributed by atoms with E-state index in [-0.39, 0.29) is 12.0 Å². The van der Waals surface area contributed by atoms with E-state index < -0.39 is 11.9 Å². The number of unbranched alkanes of at least 4 members (excludes halogenated alkanes) is 4. The van der Waals surface area contributed by atoms with Crippen molar-refractivity contribution in [3.8, 4) is 29.1 Å². The summed E-state index contributed by atoms with van der Waals surface area (Å²) in [4.78, 5) is 12.7. The van der Waals surface area contributed by atoms with Crippen molar-refractivity contribution >= 4 is 5.97 Å². The molecule has 0 radical (unpaired) electrons. The largest absolute Gasteiger partial charge is 0.494 e. The molecule has 0 amide bonds. The van der Waals surface area contributed by atoms with Crippen LogP contribution in [0.2, 0.25) is 0 Å². The van der Waals surface area contributed by atoms with Crippen molar-refractivity contribution < 1.29 is 23.7 Å². The van der Waals surface area contributed by atoms with Gasteiger partial charge in [0.1, 0.15) is 34.6 Å². The van der Waals surface area contributed by atoms with E-state index in [0.717, 1.165) is 29.7 Å². The molecule has 0 bridgehead atoms. The van der Waals surface area contributed by atoms with Gasteiger partial charge in [-0.05, 0) is 68.3 Å². The number of ether oxygens (including phenoxy) is 4. The van der Waals surface area contributed by atoms with Gasteiger partial charge < -0.3 is 24.7 Å². The zero-order chi connectivity index (χ0) is 28.5. The van der Waals surface area contributed by atoms with Crippen molar-refractivity contribution in [2.75, 3.05) is 6.61 Å². The molecule has 1 atom stereocenters. The highest BCUT2D eigenvalue weighted by molar-refractivity contribution is 5.91. The molecule has 40 heavy (non-hydrogen) atoms. The molecule has 208 valence electrons. The Morgan fingerprint density at radius 1 is 0.950 bits per heavy atom. The van der Waals surface area contributed by atoms with Gasteiger partial charge in [-0.15, -0.1) is 0 Å². The first-order valence-corrected chi connectivity index (χ1v) is 13.8. The molecule has 1 aliphatic heterocycles. The fourth-order valence-corrected chi connectivity index (χ4v) is 4.60. The number of hydrogen-bond donors (Lipinski definition) is 1. The first kappa shape index (κ1) is 28.6. The molecule has 0 aliphatic carbocycles. The minimum Gasteiger partial charge on any atom is -0.494 e. The number of carbonyl (C=O) groups excluding carboxylic acids is 1. The summed E-state index contributed by atoms with van der Waals surface area (Å²) in [6, 6.07) is 21.8. The van der Waals surface area contributed by atoms with E-state index in [1.165, 1.54) is 19.3 Å². The van der Waals surface area contributed by atoms with Gasteiger partial charge in [-0.1, -0.05) is 50.8 Å². The maximum absolute atomic E-state index is 12.7. The third-order valence-electron chi connectivity index (χ3n) is 6.59. The normalized spacial score (nSPS) is 14.2. The second kappa shape index (κ2) is 13.6. The van der Waals surface area contributed by atoms with Crippen molar-refractivity contribution in [2.45, 2.75) is 64.9 Å². The molecule has 3 aromatic carbocycles. The molecule has 7 nitrogen and oxygen atoms in total. The Balaban J connectivity index is 1.47. The van der Waals surface area contributed by atoms with Crippen molar-refractivity contribution in [3.05, 3.63) is 94.9 Å². The number of hydrogen-bond acceptors (Lipinski definition) is 7. The van der Waals surface area contributed by atoms with Gasteiger partial charge in [-0.2, -0.15) is 5.26 Å². The van der Waals surface area contributed by atoms with Gasteiger partial charge in [0.2, 0.25) is 5.88 Å². The van der Waals surface area contributed by atoms with Gasteiger partial charge in [0.25, 0.3) is 0 Å². The van der Waals surface area contributed by atoms with Gasteiger partial charge in [0.15, 0.2) is 0 Å². The van der Waals surface area contributed by atoms with Gasteiger partial charge in [-0.3, -0.25) is 0 Å². The number of carbonyl (C=O) groups is 1. The maximum Gasteiger partial charge on any atom is 0.343 e. The first-order chi connectivity index (χ1) is 19.4. The lowest BCUT2D eigenvalue weighted by molar-refractivity contribution is 0.0734. The zero-order valence-corrected chi connectivity index (χ0v) is 23.3. The second-order valence-electron chi connectivity index (χ2n) is 10.0. The molecule has 3 aromatic rings. The highest BCUT2D eigenvalue weighted by Gasteiger charge is 2.31. The lowest BCUT2D eigenvalue weighted by atomic mass is 9.83. The summed E-state index contributed by atoms with van der Waals surface area (Å²) in [7, 11) is 0. The average Bonchev–Trinajstić information content (AvgIpc) is 2.94. The number of nitrogens with zero attached hydrogens (tertiary/aromatic N) is 1. The molecule has 4 rings (SSSR count). The van der Waals surface area contributed by atoms with E-state index in [9.17, 15) is 10.1 Å². The van der Waals surface area contributed by atoms with E-state index in [1.807, 2.05) is 38.1 Å². The Morgan fingerprint density at radius 3 is 2.30 bits per heavy atom. The van der Waals surface area contributed by atoms with Gasteiger partial charge in [-0.25, -0.2) is 4.79 Å². The first-order valence-electron chi connectivity index (χ1n) is 13.8. The lowest BCUT2D eigenvalue weighted by Crippen LogP contribution is -2.21. The molecule has 0 spiro atoms. The van der Waals surface area contributed by atoms with Crippen LogP contribution < -0.4 is 24.7 Å². The van der Waals surface area contributed by atoms with Gasteiger partial charge >= 0.3 is 5.97 Å². The summed E-state index contributed by atoms with van der Waals surface area (Å²) in [6.45, 7) is 6.76. The summed E-state index contributed by atoms with van der Waals surface area (Å²) in [5, 5.41) is 9.87. The number of nitriles is 1. The molecule has 0 fully saturated rings. The number of nitrogens with two attached hydrogens (primary N) is 1. The maximum atomic E-state index is 12.7. The van der Waals surface area contributed by atoms with Crippen LogP contribution in [0.15, 0.2) is 78.2 Å². The molecular formula is C33H36N2O5. The topological polar surface area (TPSA) is 104 Å². The number of fused-ring (bicyclic) bond motifs is 1. The predicted molar refractivity (Wildman–Crippen MR) is 154 cm³/mol. The quantitative estimate of drug-likeness (QED) is 0.146. The number of benzene rings is 3. The van der Waals surface area contributed by atoms with E-state index in [1.54, 1.807) is 42.5 Å². The van der Waals surface area contributed by atoms with Crippen LogP contribution in [-0.4, -0.2) is 18.7 Å². The van der Waals surface area contributed by atoms with E-state index in [2.05, 4.69) is 13.0 Å². The van der Waals surface area contributed by atoms with E-state index in [0.29, 0.717) is 35.0 Å². The highest BCUT2D eigenvalue weighted by Crippen LogP contribution is 2.43. The van der Waals surface area contributed by atoms with Crippen LogP contribution in [0.4, 0.5) is 0 Å². The zero-order valence-electron chi connectivity index (χ0n) is 23.3. The monoisotopic (exact) mass is 540 g/mol. The minimum absolute atomic E-state index is 0.0247. The van der Waals surface area contributed by atoms with Crippen LogP contribution in [0.25, 0.3) is 0 Å². The molecule has 0 saturated carbocycles. The smallest absolute Gasteiger partial charge is 0.343 e. The Kier molecular flexibility index (Phi) is 9.69. The Hall–Kier alpha value is -4.44. The summed E-state index contributed by atoms with van der Waals surface area (Å²) in [6.07, 6.45) is 5.93. The SMILES string of the molecule is CCCCCCCOc1ccc(C2C(C#N)=C(N)Oc3cc(OC(=O)c4ccc(OC(C)C)cc4)ccc32)cc1. The van der Waals surface area contributed by atoms with Crippen molar-refractivity contribution in [1.82, 2.24) is 0 Å². The third-order valence-corrected chi connectivity index (χ3v) is 6.59. The van der Waals surface area contributed by atoms with Gasteiger partial charge in [0, 0.05) is 11.6 Å². The Morgan fingerprint density at radius 2 is 1.62 bits per heavy atom. The number of esters is 1. The van der Waals surface area contributed by atoms with Crippen LogP contribution in [0.3, 0.4) is 0 Å². The molecule has 2 N–H and O–H groups in total. The summed E-state index contributed by atoms with van der Waals surface area (Å²) >= 11 is 0. The molecule has 7 heteroatoms. The van der Waals surface area contributed by atoms with Crippen LogP contribution in [0.1, 0.15) is 80.3 Å².